The molecule has 0 fully saturated rings. The van der Waals surface area contributed by atoms with Gasteiger partial charge in [0.15, 0.2) is 12.2 Å². The Kier molecular flexibility index (Phi) is 69.7. The minimum absolute atomic E-state index is 0.0843. The molecule has 0 heterocycles. The molecule has 17 nitrogen and oxygen atoms in total. The molecule has 0 rings (SSSR count). The molecule has 0 aliphatic carbocycles. The number of carbonyl (C=O) groups is 4. The van der Waals surface area contributed by atoms with Crippen molar-refractivity contribution >= 4 is 39.5 Å². The van der Waals surface area contributed by atoms with Gasteiger partial charge in [0.2, 0.25) is 0 Å². The molecule has 0 aliphatic heterocycles. The van der Waals surface area contributed by atoms with Crippen LogP contribution in [0.15, 0.2) is 24.3 Å². The van der Waals surface area contributed by atoms with Crippen LogP contribution >= 0.6 is 15.6 Å². The van der Waals surface area contributed by atoms with E-state index in [0.717, 1.165) is 109 Å². The van der Waals surface area contributed by atoms with Crippen molar-refractivity contribution in [2.24, 2.45) is 5.92 Å². The van der Waals surface area contributed by atoms with E-state index in [-0.39, 0.29) is 25.7 Å². The number of unbranched alkanes of at least 4 members (excludes halogenated alkanes) is 46. The highest BCUT2D eigenvalue weighted by molar-refractivity contribution is 7.47. The second-order valence-electron chi connectivity index (χ2n) is 28.2. The van der Waals surface area contributed by atoms with Gasteiger partial charge in [0.25, 0.3) is 0 Å². The molecule has 0 aromatic rings. The highest BCUT2D eigenvalue weighted by Gasteiger charge is 2.30. The first-order valence-electron chi connectivity index (χ1n) is 40.5. The van der Waals surface area contributed by atoms with Crippen LogP contribution in [0.1, 0.15) is 394 Å². The lowest BCUT2D eigenvalue weighted by Gasteiger charge is -2.21. The molecule has 0 saturated heterocycles. The van der Waals surface area contributed by atoms with Crippen LogP contribution in [-0.2, 0) is 65.4 Å². The molecular formula is C79H150O17P2. The molecule has 0 aliphatic rings. The Bertz CT molecular complexity index is 1970. The Balaban J connectivity index is 5.26. The number of esters is 4. The number of carbonyl (C=O) groups excluding carboxylic acids is 4. The average Bonchev–Trinajstić information content (AvgIpc) is 1.07. The van der Waals surface area contributed by atoms with Gasteiger partial charge in [-0.25, -0.2) is 9.13 Å². The first kappa shape index (κ1) is 95.5. The second-order valence-corrected chi connectivity index (χ2v) is 31.2. The van der Waals surface area contributed by atoms with Crippen LogP contribution in [0.5, 0.6) is 0 Å². The fourth-order valence-corrected chi connectivity index (χ4v) is 13.3. The van der Waals surface area contributed by atoms with Crippen molar-refractivity contribution in [1.29, 1.82) is 0 Å². The zero-order chi connectivity index (χ0) is 71.9. The summed E-state index contributed by atoms with van der Waals surface area (Å²) in [5, 5.41) is 10.6. The van der Waals surface area contributed by atoms with Gasteiger partial charge < -0.3 is 33.8 Å². The van der Waals surface area contributed by atoms with Crippen LogP contribution < -0.4 is 0 Å². The molecule has 0 saturated carbocycles. The van der Waals surface area contributed by atoms with Crippen LogP contribution in [0.4, 0.5) is 0 Å². The normalized spacial score (nSPS) is 14.1. The third-order valence-electron chi connectivity index (χ3n) is 17.9. The highest BCUT2D eigenvalue weighted by Crippen LogP contribution is 2.45. The van der Waals surface area contributed by atoms with Crippen molar-refractivity contribution in [2.75, 3.05) is 39.6 Å². The summed E-state index contributed by atoms with van der Waals surface area (Å²) in [6.07, 6.45) is 64.8. The van der Waals surface area contributed by atoms with Gasteiger partial charge in [-0.3, -0.25) is 37.3 Å². The molecule has 0 radical (unpaired) electrons. The number of phosphoric ester groups is 2. The molecule has 2 unspecified atom stereocenters. The Morgan fingerprint density at radius 2 is 0.551 bits per heavy atom. The molecule has 0 spiro atoms. The summed E-state index contributed by atoms with van der Waals surface area (Å²) in [5.74, 6) is -1.47. The predicted octanol–water partition coefficient (Wildman–Crippen LogP) is 23.2. The monoisotopic (exact) mass is 1430 g/mol. The number of hydrogen-bond donors (Lipinski definition) is 3. The van der Waals surface area contributed by atoms with Gasteiger partial charge in [-0.15, -0.1) is 0 Å². The molecule has 98 heavy (non-hydrogen) atoms. The zero-order valence-electron chi connectivity index (χ0n) is 63.4. The number of aliphatic hydroxyl groups excluding tert-OH is 1. The SMILES string of the molecule is CCCCCC/C=C\C=C/CCCCCCCC(=O)O[C@H](COC(=O)CCCCCCCCC(C)C)COP(=O)(O)OC[C@H](O)COP(=O)(O)OC[C@@H](COC(=O)CCCCCCCCCCCCCCCCCC)OC(=O)CCCCCCCCCCCCCCCCCCCC. The third kappa shape index (κ3) is 71.9. The fraction of sp³-hybridized carbons (Fsp3) is 0.899. The number of phosphoric acid groups is 2. The summed E-state index contributed by atoms with van der Waals surface area (Å²) in [6.45, 7) is 7.16. The summed E-state index contributed by atoms with van der Waals surface area (Å²) in [6, 6.07) is 0. The standard InChI is InChI=1S/C79H150O17P2/c1-6-9-12-15-18-21-24-27-30-32-33-36-39-42-45-48-55-60-64-78(83)95-74(68-89-76(81)62-57-52-46-43-40-37-35-31-28-25-22-19-16-13-10-7-2)70-93-97(85,86)91-66-73(80)67-92-98(87,88)94-71-75(69-90-77(82)63-58-53-50-49-51-56-61-72(4)5)96-79(84)65-59-54-47-44-41-38-34-29-26-23-20-17-14-11-8-3/h23,26,29,34,72-75,80H,6-22,24-25,27-28,30-33,35-71H2,1-5H3,(H,85,86)(H,87,88)/b26-23-,34-29-/t73-,74-,75-/m1/s1. The van der Waals surface area contributed by atoms with Crippen LogP contribution in [0.2, 0.25) is 0 Å². The van der Waals surface area contributed by atoms with Crippen LogP contribution in [-0.4, -0.2) is 96.7 Å². The van der Waals surface area contributed by atoms with E-state index in [1.54, 1.807) is 0 Å². The van der Waals surface area contributed by atoms with Gasteiger partial charge in [-0.1, -0.05) is 341 Å². The first-order chi connectivity index (χ1) is 47.5. The molecule has 0 bridgehead atoms. The van der Waals surface area contributed by atoms with Gasteiger partial charge in [0.05, 0.1) is 26.4 Å². The van der Waals surface area contributed by atoms with E-state index in [2.05, 4.69) is 58.9 Å². The van der Waals surface area contributed by atoms with Crippen LogP contribution in [0, 0.1) is 5.92 Å². The predicted molar refractivity (Wildman–Crippen MR) is 400 cm³/mol. The van der Waals surface area contributed by atoms with Gasteiger partial charge >= 0.3 is 39.5 Å². The number of rotatable bonds is 77. The summed E-state index contributed by atoms with van der Waals surface area (Å²) in [4.78, 5) is 72.9. The maximum atomic E-state index is 13.1. The van der Waals surface area contributed by atoms with E-state index in [9.17, 15) is 43.2 Å². The van der Waals surface area contributed by atoms with Gasteiger partial charge in [0, 0.05) is 25.7 Å². The molecule has 0 aromatic heterocycles. The van der Waals surface area contributed by atoms with E-state index >= 15 is 0 Å². The molecule has 5 atom stereocenters. The van der Waals surface area contributed by atoms with Crippen molar-refractivity contribution in [3.63, 3.8) is 0 Å². The maximum absolute atomic E-state index is 13.1. The highest BCUT2D eigenvalue weighted by atomic mass is 31.2. The lowest BCUT2D eigenvalue weighted by atomic mass is 10.0. The quantitative estimate of drug-likeness (QED) is 0.0169. The van der Waals surface area contributed by atoms with E-state index in [1.165, 1.54) is 199 Å². The van der Waals surface area contributed by atoms with Gasteiger partial charge in [-0.05, 0) is 57.3 Å². The number of hydrogen-bond acceptors (Lipinski definition) is 15. The molecule has 578 valence electrons. The topological polar surface area (TPSA) is 237 Å². The van der Waals surface area contributed by atoms with E-state index < -0.39 is 97.5 Å². The molecule has 19 heteroatoms. The lowest BCUT2D eigenvalue weighted by molar-refractivity contribution is -0.161. The fourth-order valence-electron chi connectivity index (χ4n) is 11.7. The number of ether oxygens (including phenoxy) is 4. The zero-order valence-corrected chi connectivity index (χ0v) is 65.2. The maximum Gasteiger partial charge on any atom is 0.472 e. The van der Waals surface area contributed by atoms with Crippen LogP contribution in [0.3, 0.4) is 0 Å². The minimum atomic E-state index is -4.96. The van der Waals surface area contributed by atoms with Crippen molar-refractivity contribution in [3.8, 4) is 0 Å². The summed E-state index contributed by atoms with van der Waals surface area (Å²) >= 11 is 0. The van der Waals surface area contributed by atoms with Gasteiger partial charge in [0.1, 0.15) is 19.3 Å². The average molecular weight is 1430 g/mol. The van der Waals surface area contributed by atoms with Gasteiger partial charge in [-0.2, -0.15) is 0 Å². The Morgan fingerprint density at radius 1 is 0.316 bits per heavy atom. The smallest absolute Gasteiger partial charge is 0.462 e. The van der Waals surface area contributed by atoms with Crippen LogP contribution in [0.25, 0.3) is 0 Å². The summed E-state index contributed by atoms with van der Waals surface area (Å²) in [5.41, 5.74) is 0. The van der Waals surface area contributed by atoms with Crippen molar-refractivity contribution in [3.05, 3.63) is 24.3 Å². The minimum Gasteiger partial charge on any atom is -0.462 e. The Labute approximate surface area is 599 Å². The third-order valence-corrected chi connectivity index (χ3v) is 19.8. The summed E-state index contributed by atoms with van der Waals surface area (Å²) in [7, 11) is -9.93. The Hall–Kier alpha value is -2.46. The molecule has 0 aromatic carbocycles. The summed E-state index contributed by atoms with van der Waals surface area (Å²) < 4.78 is 68.6. The number of allylic oxidation sites excluding steroid dienone is 4. The van der Waals surface area contributed by atoms with E-state index in [1.807, 2.05) is 0 Å². The molecule has 0 amide bonds. The van der Waals surface area contributed by atoms with Crippen molar-refractivity contribution in [1.82, 2.24) is 0 Å². The second kappa shape index (κ2) is 71.5. The lowest BCUT2D eigenvalue weighted by Crippen LogP contribution is -2.30. The first-order valence-corrected chi connectivity index (χ1v) is 43.4. The van der Waals surface area contributed by atoms with E-state index in [4.69, 9.17) is 37.0 Å². The van der Waals surface area contributed by atoms with Crippen molar-refractivity contribution in [2.45, 2.75) is 412 Å². The molecular weight excluding hydrogens is 1280 g/mol. The largest absolute Gasteiger partial charge is 0.472 e. The van der Waals surface area contributed by atoms with Crippen molar-refractivity contribution < 1.29 is 80.2 Å². The number of aliphatic hydroxyl groups is 1. The van der Waals surface area contributed by atoms with E-state index in [0.29, 0.717) is 31.6 Å². The molecule has 3 N–H and O–H groups in total. The Morgan fingerprint density at radius 3 is 0.837 bits per heavy atom.